The standard InChI is InChI=1S/C22H23N2O3.BrH/c1-3-4-7-12-23-15(2)24(14-16-9-8-13-27-16)20-19(23)21(25)17-10-5-6-11-18(17)22(20)26;/h5-6,8-11,13H,3-4,7,12,14H2,1-2H3;1H/q+1;/p-1. The van der Waals surface area contributed by atoms with Crippen LogP contribution in [0.4, 0.5) is 0 Å². The average molecular weight is 443 g/mol. The highest BCUT2D eigenvalue weighted by molar-refractivity contribution is 6.26. The van der Waals surface area contributed by atoms with Gasteiger partial charge in [-0.2, -0.15) is 0 Å². The van der Waals surface area contributed by atoms with Gasteiger partial charge < -0.3 is 21.4 Å². The Morgan fingerprint density at radius 3 is 2.36 bits per heavy atom. The number of ketones is 2. The Hall–Kier alpha value is -2.47. The molecule has 0 spiro atoms. The van der Waals surface area contributed by atoms with Crippen molar-refractivity contribution in [2.45, 2.75) is 46.2 Å². The Morgan fingerprint density at radius 2 is 1.71 bits per heavy atom. The molecule has 4 rings (SSSR count). The first-order valence-corrected chi connectivity index (χ1v) is 9.47. The lowest BCUT2D eigenvalue weighted by Crippen LogP contribution is -3.00. The second-order valence-corrected chi connectivity index (χ2v) is 6.97. The molecule has 146 valence electrons. The number of hydrogen-bond acceptors (Lipinski definition) is 3. The molecule has 0 bridgehead atoms. The van der Waals surface area contributed by atoms with E-state index in [4.69, 9.17) is 4.42 Å². The first-order valence-electron chi connectivity index (χ1n) is 9.47. The second-order valence-electron chi connectivity index (χ2n) is 6.97. The molecule has 0 saturated heterocycles. The molecular weight excluding hydrogens is 420 g/mol. The van der Waals surface area contributed by atoms with Gasteiger partial charge in [0.25, 0.3) is 5.82 Å². The van der Waals surface area contributed by atoms with Crippen molar-refractivity contribution in [3.05, 3.63) is 76.8 Å². The second kappa shape index (κ2) is 8.27. The van der Waals surface area contributed by atoms with Gasteiger partial charge in [0.1, 0.15) is 12.3 Å². The molecule has 1 aliphatic rings. The van der Waals surface area contributed by atoms with Crippen LogP contribution in [0.2, 0.25) is 0 Å². The van der Waals surface area contributed by atoms with Gasteiger partial charge in [-0.25, -0.2) is 9.13 Å². The summed E-state index contributed by atoms with van der Waals surface area (Å²) in [4.78, 5) is 26.5. The highest BCUT2D eigenvalue weighted by Crippen LogP contribution is 2.27. The maximum absolute atomic E-state index is 13.3. The Labute approximate surface area is 174 Å². The summed E-state index contributed by atoms with van der Waals surface area (Å²) in [5.74, 6) is 1.50. The summed E-state index contributed by atoms with van der Waals surface area (Å²) in [5, 5.41) is 0. The number of aromatic nitrogens is 2. The SMILES string of the molecule is CCCCCn1c2c([n+](Cc3ccco3)c1C)C(=O)c1ccccc1C2=O.[Br-]. The van der Waals surface area contributed by atoms with Crippen LogP contribution in [0, 0.1) is 6.92 Å². The first-order chi connectivity index (χ1) is 13.1. The van der Waals surface area contributed by atoms with Gasteiger partial charge >= 0.3 is 0 Å². The van der Waals surface area contributed by atoms with E-state index in [1.54, 1.807) is 24.5 Å². The number of benzene rings is 1. The third kappa shape index (κ3) is 3.26. The molecule has 3 aromatic rings. The van der Waals surface area contributed by atoms with Crippen LogP contribution in [0.3, 0.4) is 0 Å². The molecule has 1 aliphatic carbocycles. The average Bonchev–Trinajstić information content (AvgIpc) is 3.28. The van der Waals surface area contributed by atoms with Crippen molar-refractivity contribution in [2.24, 2.45) is 0 Å². The van der Waals surface area contributed by atoms with Crippen LogP contribution in [0.25, 0.3) is 0 Å². The topological polar surface area (TPSA) is 56.1 Å². The molecule has 2 aromatic heterocycles. The molecule has 0 unspecified atom stereocenters. The van der Waals surface area contributed by atoms with Gasteiger partial charge in [0.05, 0.1) is 12.8 Å². The predicted molar refractivity (Wildman–Crippen MR) is 100 cm³/mol. The lowest BCUT2D eigenvalue weighted by Gasteiger charge is -2.12. The molecule has 0 amide bonds. The van der Waals surface area contributed by atoms with Crippen LogP contribution < -0.4 is 21.5 Å². The van der Waals surface area contributed by atoms with Gasteiger partial charge in [-0.15, -0.1) is 0 Å². The number of hydrogen-bond donors (Lipinski definition) is 0. The number of fused-ring (bicyclic) bond motifs is 2. The first kappa shape index (κ1) is 20.3. The largest absolute Gasteiger partial charge is 1.00 e. The smallest absolute Gasteiger partial charge is 0.254 e. The van der Waals surface area contributed by atoms with Gasteiger partial charge in [0, 0.05) is 18.1 Å². The normalized spacial score (nSPS) is 12.5. The molecule has 0 atom stereocenters. The highest BCUT2D eigenvalue weighted by Gasteiger charge is 2.42. The number of halogens is 1. The van der Waals surface area contributed by atoms with E-state index in [-0.39, 0.29) is 28.5 Å². The number of carbonyl (C=O) groups is 2. The van der Waals surface area contributed by atoms with Gasteiger partial charge in [-0.1, -0.05) is 37.6 Å². The number of rotatable bonds is 6. The predicted octanol–water partition coefficient (Wildman–Crippen LogP) is 0.695. The minimum Gasteiger partial charge on any atom is -1.00 e. The van der Waals surface area contributed by atoms with E-state index >= 15 is 0 Å². The maximum atomic E-state index is 13.3. The molecule has 0 aliphatic heterocycles. The summed E-state index contributed by atoms with van der Waals surface area (Å²) in [6.07, 6.45) is 4.79. The zero-order valence-electron chi connectivity index (χ0n) is 16.1. The zero-order valence-corrected chi connectivity index (χ0v) is 17.7. The van der Waals surface area contributed by atoms with Crippen molar-refractivity contribution in [3.63, 3.8) is 0 Å². The summed E-state index contributed by atoms with van der Waals surface area (Å²) >= 11 is 0. The molecule has 0 radical (unpaired) electrons. The van der Waals surface area contributed by atoms with Crippen molar-refractivity contribution in [2.75, 3.05) is 0 Å². The Kier molecular flexibility index (Phi) is 5.98. The number of furan rings is 1. The van der Waals surface area contributed by atoms with Crippen molar-refractivity contribution in [1.29, 1.82) is 0 Å². The lowest BCUT2D eigenvalue weighted by molar-refractivity contribution is -0.697. The van der Waals surface area contributed by atoms with Crippen LogP contribution >= 0.6 is 0 Å². The van der Waals surface area contributed by atoms with Crippen molar-refractivity contribution < 1.29 is 35.6 Å². The van der Waals surface area contributed by atoms with E-state index < -0.39 is 0 Å². The maximum Gasteiger partial charge on any atom is 0.254 e. The van der Waals surface area contributed by atoms with Crippen LogP contribution in [0.15, 0.2) is 47.1 Å². The fraction of sp³-hybridized carbons (Fsp3) is 0.318. The third-order valence-corrected chi connectivity index (χ3v) is 5.27. The van der Waals surface area contributed by atoms with Crippen molar-refractivity contribution >= 4 is 11.6 Å². The van der Waals surface area contributed by atoms with Gasteiger partial charge in [0.15, 0.2) is 0 Å². The van der Waals surface area contributed by atoms with E-state index in [9.17, 15) is 9.59 Å². The van der Waals surface area contributed by atoms with E-state index in [1.807, 2.05) is 34.3 Å². The Bertz CT molecular complexity index is 1020. The van der Waals surface area contributed by atoms with Gasteiger partial charge in [-0.05, 0) is 25.0 Å². The molecular formula is C22H23BrN2O3. The van der Waals surface area contributed by atoms with E-state index in [2.05, 4.69) is 6.92 Å². The van der Waals surface area contributed by atoms with Crippen LogP contribution in [0.1, 0.15) is 69.9 Å². The van der Waals surface area contributed by atoms with Crippen molar-refractivity contribution in [3.8, 4) is 0 Å². The van der Waals surface area contributed by atoms with Crippen LogP contribution in [0.5, 0.6) is 0 Å². The summed E-state index contributed by atoms with van der Waals surface area (Å²) in [6.45, 7) is 5.29. The summed E-state index contributed by atoms with van der Waals surface area (Å²) in [5.41, 5.74) is 1.96. The van der Waals surface area contributed by atoms with E-state index in [1.165, 1.54) is 0 Å². The molecule has 1 aromatic carbocycles. The Morgan fingerprint density at radius 1 is 1.00 bits per heavy atom. The summed E-state index contributed by atoms with van der Waals surface area (Å²) in [7, 11) is 0. The van der Waals surface area contributed by atoms with Gasteiger partial charge in [-0.3, -0.25) is 9.59 Å². The molecule has 6 heteroatoms. The summed E-state index contributed by atoms with van der Waals surface area (Å²) < 4.78 is 9.44. The number of unbranched alkanes of at least 4 members (excludes halogenated alkanes) is 2. The number of carbonyl (C=O) groups excluding carboxylic acids is 2. The molecule has 28 heavy (non-hydrogen) atoms. The molecule has 0 fully saturated rings. The van der Waals surface area contributed by atoms with Crippen LogP contribution in [-0.4, -0.2) is 16.1 Å². The monoisotopic (exact) mass is 442 g/mol. The summed E-state index contributed by atoms with van der Waals surface area (Å²) in [6, 6.07) is 10.8. The minimum absolute atomic E-state index is 0. The number of imidazole rings is 1. The minimum atomic E-state index is -0.0934. The quantitative estimate of drug-likeness (QED) is 0.326. The fourth-order valence-electron chi connectivity index (χ4n) is 3.86. The fourth-order valence-corrected chi connectivity index (χ4v) is 3.86. The van der Waals surface area contributed by atoms with Crippen LogP contribution in [-0.2, 0) is 13.1 Å². The lowest BCUT2D eigenvalue weighted by atomic mass is 9.90. The van der Waals surface area contributed by atoms with Crippen molar-refractivity contribution in [1.82, 2.24) is 4.57 Å². The zero-order chi connectivity index (χ0) is 19.0. The third-order valence-electron chi connectivity index (χ3n) is 5.27. The Balaban J connectivity index is 0.00000225. The number of nitrogens with zero attached hydrogens (tertiary/aromatic N) is 2. The van der Waals surface area contributed by atoms with Gasteiger partial charge in [0.2, 0.25) is 23.0 Å². The highest BCUT2D eigenvalue weighted by atomic mass is 79.9. The van der Waals surface area contributed by atoms with E-state index in [0.29, 0.717) is 29.1 Å². The molecule has 0 saturated carbocycles. The molecule has 0 N–H and O–H groups in total. The molecule has 5 nitrogen and oxygen atoms in total. The van der Waals surface area contributed by atoms with E-state index in [0.717, 1.165) is 37.4 Å². The molecule has 2 heterocycles.